The molecule has 2 N–H and O–H groups in total. The quantitative estimate of drug-likeness (QED) is 0.681. The topological polar surface area (TPSA) is 83.8 Å². The average molecular weight is 365 g/mol. The first-order valence-corrected chi connectivity index (χ1v) is 8.49. The fourth-order valence-electron chi connectivity index (χ4n) is 2.62. The van der Waals surface area contributed by atoms with Crippen molar-refractivity contribution in [3.63, 3.8) is 0 Å². The molecule has 1 aliphatic heterocycles. The molecule has 0 radical (unpaired) electrons. The van der Waals surface area contributed by atoms with E-state index in [4.69, 9.17) is 16.3 Å². The lowest BCUT2D eigenvalue weighted by Crippen LogP contribution is -2.18. The standard InChI is InChI=1S/C19H21ClO5/c1-11-5-3-4-6-13(21)9-14-17(15(22)10-16(23)18(14)20)19(24)25-12(2)8-7-11/h3-6,10-12,22-23H,7-9H2,1-2H3/b5-3-,6-4+/t11?,12-/m1/s1. The van der Waals surface area contributed by atoms with Gasteiger partial charge in [0.2, 0.25) is 0 Å². The Bertz CT molecular complexity index is 736. The molecule has 1 unspecified atom stereocenters. The number of ketones is 1. The number of phenolic OH excluding ortho intramolecular Hbond substituents is 2. The summed E-state index contributed by atoms with van der Waals surface area (Å²) in [5.41, 5.74) is -0.127. The van der Waals surface area contributed by atoms with Gasteiger partial charge in [0.05, 0.1) is 11.1 Å². The van der Waals surface area contributed by atoms with E-state index in [1.807, 2.05) is 13.0 Å². The van der Waals surface area contributed by atoms with Crippen LogP contribution >= 0.6 is 11.6 Å². The van der Waals surface area contributed by atoms with E-state index >= 15 is 0 Å². The SMILES string of the molecule is CC1/C=C\C=C\C(=O)Cc2c(Cl)c(O)cc(O)c2C(=O)O[C@H](C)CC1. The number of fused-ring (bicyclic) bond motifs is 1. The van der Waals surface area contributed by atoms with Gasteiger partial charge in [0, 0.05) is 18.1 Å². The van der Waals surface area contributed by atoms with Crippen LogP contribution in [0.4, 0.5) is 0 Å². The molecule has 1 aromatic rings. The molecule has 0 saturated carbocycles. The van der Waals surface area contributed by atoms with Crippen LogP contribution in [0.25, 0.3) is 0 Å². The Morgan fingerprint density at radius 2 is 1.84 bits per heavy atom. The van der Waals surface area contributed by atoms with E-state index in [1.54, 1.807) is 19.1 Å². The molecule has 1 heterocycles. The Kier molecular flexibility index (Phi) is 6.26. The monoisotopic (exact) mass is 364 g/mol. The molecule has 5 nitrogen and oxygen atoms in total. The van der Waals surface area contributed by atoms with Crippen molar-refractivity contribution >= 4 is 23.4 Å². The number of cyclic esters (lactones) is 1. The molecule has 2 atom stereocenters. The molecule has 0 saturated heterocycles. The number of ether oxygens (including phenoxy) is 1. The number of carbonyl (C=O) groups excluding carboxylic acids is 2. The predicted molar refractivity (Wildman–Crippen MR) is 95.0 cm³/mol. The molecule has 1 aliphatic rings. The van der Waals surface area contributed by atoms with E-state index in [9.17, 15) is 19.8 Å². The van der Waals surface area contributed by atoms with Crippen molar-refractivity contribution in [3.8, 4) is 11.5 Å². The van der Waals surface area contributed by atoms with Crippen molar-refractivity contribution in [2.75, 3.05) is 0 Å². The fraction of sp³-hybridized carbons (Fsp3) is 0.368. The second-order valence-electron chi connectivity index (χ2n) is 6.24. The number of aromatic hydroxyl groups is 2. The van der Waals surface area contributed by atoms with E-state index in [0.29, 0.717) is 6.42 Å². The molecule has 1 aromatic carbocycles. The highest BCUT2D eigenvalue weighted by atomic mass is 35.5. The fourth-order valence-corrected chi connectivity index (χ4v) is 2.84. The van der Waals surface area contributed by atoms with Crippen molar-refractivity contribution in [1.29, 1.82) is 0 Å². The molecule has 0 fully saturated rings. The highest BCUT2D eigenvalue weighted by Crippen LogP contribution is 2.37. The summed E-state index contributed by atoms with van der Waals surface area (Å²) in [6, 6.07) is 0.974. The summed E-state index contributed by atoms with van der Waals surface area (Å²) < 4.78 is 5.39. The molecular formula is C19H21ClO5. The van der Waals surface area contributed by atoms with Crippen LogP contribution in [-0.4, -0.2) is 28.1 Å². The Balaban J connectivity index is 2.49. The molecule has 6 heteroatoms. The van der Waals surface area contributed by atoms with Gasteiger partial charge in [-0.3, -0.25) is 4.79 Å². The van der Waals surface area contributed by atoms with Gasteiger partial charge in [-0.1, -0.05) is 36.8 Å². The highest BCUT2D eigenvalue weighted by molar-refractivity contribution is 6.33. The third-order valence-electron chi connectivity index (χ3n) is 4.05. The number of phenols is 2. The van der Waals surface area contributed by atoms with Crippen molar-refractivity contribution in [1.82, 2.24) is 0 Å². The molecule has 0 aromatic heterocycles. The van der Waals surface area contributed by atoms with E-state index in [-0.39, 0.29) is 40.4 Å². The van der Waals surface area contributed by atoms with Crippen molar-refractivity contribution in [3.05, 3.63) is 46.5 Å². The molecular weight excluding hydrogens is 344 g/mol. The van der Waals surface area contributed by atoms with Crippen LogP contribution in [0.15, 0.2) is 30.4 Å². The van der Waals surface area contributed by atoms with Gasteiger partial charge in [-0.2, -0.15) is 0 Å². The third kappa shape index (κ3) is 4.86. The van der Waals surface area contributed by atoms with E-state index in [1.165, 1.54) is 6.08 Å². The van der Waals surface area contributed by atoms with Crippen LogP contribution in [0, 0.1) is 5.92 Å². The summed E-state index contributed by atoms with van der Waals surface area (Å²) in [6.07, 6.45) is 7.63. The number of allylic oxidation sites excluding steroid dienone is 4. The smallest absolute Gasteiger partial charge is 0.342 e. The van der Waals surface area contributed by atoms with Crippen molar-refractivity contribution < 1.29 is 24.5 Å². The number of esters is 1. The summed E-state index contributed by atoms with van der Waals surface area (Å²) in [5, 5.41) is 19.7. The first kappa shape index (κ1) is 19.1. The van der Waals surface area contributed by atoms with Crippen LogP contribution in [-0.2, 0) is 16.0 Å². The maximum Gasteiger partial charge on any atom is 0.342 e. The summed E-state index contributed by atoms with van der Waals surface area (Å²) in [7, 11) is 0. The molecule has 2 rings (SSSR count). The van der Waals surface area contributed by atoms with E-state index in [0.717, 1.165) is 12.5 Å². The van der Waals surface area contributed by atoms with Crippen molar-refractivity contribution in [2.24, 2.45) is 5.92 Å². The summed E-state index contributed by atoms with van der Waals surface area (Å²) in [5.74, 6) is -1.67. The summed E-state index contributed by atoms with van der Waals surface area (Å²) >= 11 is 6.06. The summed E-state index contributed by atoms with van der Waals surface area (Å²) in [6.45, 7) is 3.81. The number of halogens is 1. The highest BCUT2D eigenvalue weighted by Gasteiger charge is 2.26. The number of rotatable bonds is 0. The minimum Gasteiger partial charge on any atom is -0.507 e. The maximum atomic E-state index is 12.5. The molecule has 0 bridgehead atoms. The lowest BCUT2D eigenvalue weighted by atomic mass is 9.99. The number of benzene rings is 1. The van der Waals surface area contributed by atoms with Gasteiger partial charge in [0.15, 0.2) is 5.78 Å². The molecule has 0 aliphatic carbocycles. The van der Waals surface area contributed by atoms with Crippen LogP contribution in [0.3, 0.4) is 0 Å². The Morgan fingerprint density at radius 1 is 1.12 bits per heavy atom. The molecule has 134 valence electrons. The van der Waals surface area contributed by atoms with Crippen LogP contribution in [0.5, 0.6) is 11.5 Å². The van der Waals surface area contributed by atoms with Gasteiger partial charge < -0.3 is 14.9 Å². The van der Waals surface area contributed by atoms with Gasteiger partial charge in [-0.05, 0) is 31.8 Å². The second kappa shape index (κ2) is 8.21. The minimum atomic E-state index is -0.765. The Labute approximate surface area is 151 Å². The van der Waals surface area contributed by atoms with Crippen LogP contribution in [0.2, 0.25) is 5.02 Å². The van der Waals surface area contributed by atoms with Gasteiger partial charge in [-0.15, -0.1) is 0 Å². The van der Waals surface area contributed by atoms with E-state index < -0.39 is 17.5 Å². The average Bonchev–Trinajstić information content (AvgIpc) is 2.53. The number of hydrogen-bond acceptors (Lipinski definition) is 5. The Morgan fingerprint density at radius 3 is 2.56 bits per heavy atom. The zero-order valence-electron chi connectivity index (χ0n) is 14.2. The van der Waals surface area contributed by atoms with Gasteiger partial charge in [-0.25, -0.2) is 4.79 Å². The van der Waals surface area contributed by atoms with E-state index in [2.05, 4.69) is 0 Å². The van der Waals surface area contributed by atoms with Crippen LogP contribution in [0.1, 0.15) is 42.6 Å². The lowest BCUT2D eigenvalue weighted by molar-refractivity contribution is -0.114. The normalized spacial score (nSPS) is 24.8. The first-order valence-electron chi connectivity index (χ1n) is 8.11. The Hall–Kier alpha value is -2.27. The summed E-state index contributed by atoms with van der Waals surface area (Å²) in [4.78, 5) is 24.6. The predicted octanol–water partition coefficient (Wildman–Crippen LogP) is 3.95. The number of carbonyl (C=O) groups is 2. The second-order valence-corrected chi connectivity index (χ2v) is 6.62. The zero-order chi connectivity index (χ0) is 18.6. The van der Waals surface area contributed by atoms with Crippen LogP contribution < -0.4 is 0 Å². The minimum absolute atomic E-state index is 0.0559. The largest absolute Gasteiger partial charge is 0.507 e. The number of hydrogen-bond donors (Lipinski definition) is 2. The molecule has 0 amide bonds. The lowest BCUT2D eigenvalue weighted by Gasteiger charge is -2.18. The van der Waals surface area contributed by atoms with Gasteiger partial charge in [0.1, 0.15) is 17.1 Å². The van der Waals surface area contributed by atoms with Gasteiger partial charge in [0.25, 0.3) is 0 Å². The van der Waals surface area contributed by atoms with Gasteiger partial charge >= 0.3 is 5.97 Å². The first-order chi connectivity index (χ1) is 11.8. The third-order valence-corrected chi connectivity index (χ3v) is 4.47. The molecule has 25 heavy (non-hydrogen) atoms. The zero-order valence-corrected chi connectivity index (χ0v) is 14.9. The van der Waals surface area contributed by atoms with Crippen molar-refractivity contribution in [2.45, 2.75) is 39.2 Å². The maximum absolute atomic E-state index is 12.5. The molecule has 0 spiro atoms.